The maximum Gasteiger partial charge on any atom is 0.377 e. The van der Waals surface area contributed by atoms with Crippen LogP contribution in [0.2, 0.25) is 0 Å². The van der Waals surface area contributed by atoms with Gasteiger partial charge in [-0.2, -0.15) is 0 Å². The van der Waals surface area contributed by atoms with Gasteiger partial charge in [0.2, 0.25) is 5.76 Å². The van der Waals surface area contributed by atoms with E-state index in [1.165, 1.54) is 0 Å². The van der Waals surface area contributed by atoms with Crippen LogP contribution in [-0.4, -0.2) is 11.1 Å². The van der Waals surface area contributed by atoms with E-state index < -0.39 is 5.97 Å². The van der Waals surface area contributed by atoms with Crippen LogP contribution in [0.15, 0.2) is 34.9 Å². The number of aromatic nitrogens is 1. The van der Waals surface area contributed by atoms with Gasteiger partial charge in [-0.05, 0) is 35.1 Å². The number of carbonyl (C=O) groups excluding carboxylic acids is 1. The van der Waals surface area contributed by atoms with Gasteiger partial charge in [0.25, 0.3) is 0 Å². The average molecular weight is 343 g/mol. The summed E-state index contributed by atoms with van der Waals surface area (Å²) >= 11 is 2.01. The van der Waals surface area contributed by atoms with Gasteiger partial charge in [0.15, 0.2) is 0 Å². The lowest BCUT2D eigenvalue weighted by Gasteiger charge is -2.02. The molecule has 1 aromatic heterocycles. The monoisotopic (exact) mass is 343 g/mol. The molecule has 1 aromatic carbocycles. The number of carbonyl (C=O) groups is 1. The van der Waals surface area contributed by atoms with Gasteiger partial charge >= 0.3 is 5.97 Å². The van der Waals surface area contributed by atoms with Gasteiger partial charge in [0, 0.05) is 5.56 Å². The minimum Gasteiger partial charge on any atom is -0.455 e. The van der Waals surface area contributed by atoms with Gasteiger partial charge in [-0.1, -0.05) is 35.5 Å². The highest BCUT2D eigenvalue weighted by Gasteiger charge is 2.19. The molecule has 0 amide bonds. The van der Waals surface area contributed by atoms with E-state index in [1.54, 1.807) is 6.92 Å². The first-order chi connectivity index (χ1) is 8.18. The number of hydrogen-bond acceptors (Lipinski definition) is 4. The molecule has 0 atom stereocenters. The largest absolute Gasteiger partial charge is 0.455 e. The minimum absolute atomic E-state index is 0.172. The van der Waals surface area contributed by atoms with Crippen LogP contribution in [0, 0.1) is 10.6 Å². The Labute approximate surface area is 112 Å². The lowest BCUT2D eigenvalue weighted by Crippen LogP contribution is -2.05. The lowest BCUT2D eigenvalue weighted by molar-refractivity contribution is 0.0424. The lowest BCUT2D eigenvalue weighted by atomic mass is 10.2. The zero-order valence-corrected chi connectivity index (χ0v) is 11.3. The van der Waals surface area contributed by atoms with Crippen LogP contribution in [0.4, 0.5) is 0 Å². The number of esters is 1. The molecule has 2 rings (SSSR count). The average Bonchev–Trinajstić information content (AvgIpc) is 2.69. The van der Waals surface area contributed by atoms with Crippen LogP contribution >= 0.6 is 22.6 Å². The Morgan fingerprint density at radius 2 is 2.12 bits per heavy atom. The molecule has 0 radical (unpaired) electrons. The van der Waals surface area contributed by atoms with E-state index in [9.17, 15) is 4.79 Å². The van der Waals surface area contributed by atoms with E-state index in [4.69, 9.17) is 9.26 Å². The zero-order chi connectivity index (χ0) is 12.3. The Hall–Kier alpha value is -1.37. The molecule has 0 aliphatic carbocycles. The highest BCUT2D eigenvalue weighted by molar-refractivity contribution is 14.1. The Morgan fingerprint density at radius 1 is 1.41 bits per heavy atom. The molecule has 0 aliphatic heterocycles. The minimum atomic E-state index is -0.484. The van der Waals surface area contributed by atoms with Crippen molar-refractivity contribution in [2.24, 2.45) is 0 Å². The molecular weight excluding hydrogens is 333 g/mol. The summed E-state index contributed by atoms with van der Waals surface area (Å²) in [5.74, 6) is -0.313. The molecule has 88 valence electrons. The second-order valence-corrected chi connectivity index (χ2v) is 4.51. The van der Waals surface area contributed by atoms with E-state index in [0.29, 0.717) is 9.26 Å². The van der Waals surface area contributed by atoms with Crippen LogP contribution in [0.5, 0.6) is 0 Å². The van der Waals surface area contributed by atoms with Gasteiger partial charge in [-0.15, -0.1) is 0 Å². The van der Waals surface area contributed by atoms with Crippen LogP contribution in [-0.2, 0) is 11.3 Å². The summed E-state index contributed by atoms with van der Waals surface area (Å²) in [6.45, 7) is 2.01. The summed E-state index contributed by atoms with van der Waals surface area (Å²) in [6, 6.07) is 9.49. The third-order valence-corrected chi connectivity index (χ3v) is 3.27. The number of ether oxygens (including phenoxy) is 1. The Kier molecular flexibility index (Phi) is 3.78. The Bertz CT molecular complexity index is 522. The zero-order valence-electron chi connectivity index (χ0n) is 9.14. The smallest absolute Gasteiger partial charge is 0.377 e. The van der Waals surface area contributed by atoms with Crippen molar-refractivity contribution in [3.05, 3.63) is 50.9 Å². The number of hydrogen-bond donors (Lipinski definition) is 0. The molecule has 17 heavy (non-hydrogen) atoms. The molecule has 0 spiro atoms. The molecule has 0 aliphatic rings. The molecule has 0 N–H and O–H groups in total. The summed E-state index contributed by atoms with van der Waals surface area (Å²) < 4.78 is 10.7. The number of rotatable bonds is 3. The normalized spacial score (nSPS) is 10.2. The molecular formula is C12H10INO3. The molecule has 2 aromatic rings. The number of halogens is 1. The first kappa shape index (κ1) is 12.1. The highest BCUT2D eigenvalue weighted by atomic mass is 127. The Balaban J connectivity index is 2.01. The van der Waals surface area contributed by atoms with Crippen molar-refractivity contribution in [1.29, 1.82) is 0 Å². The molecule has 0 saturated heterocycles. The fraction of sp³-hybridized carbons (Fsp3) is 0.167. The van der Waals surface area contributed by atoms with Crippen LogP contribution in [0.25, 0.3) is 0 Å². The summed E-state index contributed by atoms with van der Waals surface area (Å²) in [6.07, 6.45) is 0. The molecule has 0 bridgehead atoms. The molecule has 0 fully saturated rings. The first-order valence-electron chi connectivity index (χ1n) is 5.01. The third kappa shape index (κ3) is 2.85. The topological polar surface area (TPSA) is 52.3 Å². The van der Waals surface area contributed by atoms with Gasteiger partial charge in [0.1, 0.15) is 10.3 Å². The summed E-state index contributed by atoms with van der Waals surface area (Å²) in [4.78, 5) is 11.7. The molecule has 0 unspecified atom stereocenters. The number of benzene rings is 1. The summed E-state index contributed by atoms with van der Waals surface area (Å²) in [7, 11) is 0. The van der Waals surface area contributed by atoms with Crippen LogP contribution in [0.1, 0.15) is 21.7 Å². The maximum absolute atomic E-state index is 11.7. The molecule has 1 heterocycles. The van der Waals surface area contributed by atoms with Gasteiger partial charge in [-0.25, -0.2) is 4.79 Å². The van der Waals surface area contributed by atoms with E-state index in [-0.39, 0.29) is 12.4 Å². The van der Waals surface area contributed by atoms with Gasteiger partial charge < -0.3 is 9.26 Å². The molecule has 0 saturated carbocycles. The highest BCUT2D eigenvalue weighted by Crippen LogP contribution is 2.16. The van der Waals surface area contributed by atoms with Crippen LogP contribution in [0.3, 0.4) is 0 Å². The van der Waals surface area contributed by atoms with Gasteiger partial charge in [0.05, 0.1) is 0 Å². The van der Waals surface area contributed by atoms with Crippen molar-refractivity contribution in [1.82, 2.24) is 5.16 Å². The van der Waals surface area contributed by atoms with Crippen molar-refractivity contribution in [3.8, 4) is 0 Å². The number of nitrogens with zero attached hydrogens (tertiary/aromatic N) is 1. The second-order valence-electron chi connectivity index (χ2n) is 3.49. The first-order valence-corrected chi connectivity index (χ1v) is 6.09. The van der Waals surface area contributed by atoms with E-state index in [1.807, 2.05) is 52.9 Å². The van der Waals surface area contributed by atoms with Gasteiger partial charge in [-0.3, -0.25) is 0 Å². The Morgan fingerprint density at radius 3 is 2.71 bits per heavy atom. The summed E-state index contributed by atoms with van der Waals surface area (Å²) in [5, 5.41) is 3.70. The van der Waals surface area contributed by atoms with Crippen molar-refractivity contribution >= 4 is 28.6 Å². The third-order valence-electron chi connectivity index (χ3n) is 2.27. The predicted octanol–water partition coefficient (Wildman–Crippen LogP) is 2.94. The SMILES string of the molecule is Cc1c(I)noc1C(=O)OCc1ccccc1. The molecule has 4 nitrogen and oxygen atoms in total. The standard InChI is InChI=1S/C12H10INO3/c1-8-10(17-14-11(8)13)12(15)16-7-9-5-3-2-4-6-9/h2-6H,7H2,1H3. The quantitative estimate of drug-likeness (QED) is 0.635. The predicted molar refractivity (Wildman–Crippen MR) is 69.5 cm³/mol. The fourth-order valence-corrected chi connectivity index (χ4v) is 1.64. The van der Waals surface area contributed by atoms with Crippen molar-refractivity contribution in [3.63, 3.8) is 0 Å². The van der Waals surface area contributed by atoms with E-state index in [0.717, 1.165) is 5.56 Å². The summed E-state index contributed by atoms with van der Waals surface area (Å²) in [5.41, 5.74) is 1.65. The van der Waals surface area contributed by atoms with Crippen molar-refractivity contribution in [2.45, 2.75) is 13.5 Å². The van der Waals surface area contributed by atoms with Crippen LogP contribution < -0.4 is 0 Å². The van der Waals surface area contributed by atoms with Crippen molar-refractivity contribution < 1.29 is 14.1 Å². The van der Waals surface area contributed by atoms with E-state index >= 15 is 0 Å². The maximum atomic E-state index is 11.7. The second kappa shape index (κ2) is 5.31. The molecule has 5 heteroatoms. The van der Waals surface area contributed by atoms with Crippen molar-refractivity contribution in [2.75, 3.05) is 0 Å². The van der Waals surface area contributed by atoms with E-state index in [2.05, 4.69) is 5.16 Å². The fourth-order valence-electron chi connectivity index (χ4n) is 1.30.